The number of hydrogen-bond donors (Lipinski definition) is 1. The van der Waals surface area contributed by atoms with Crippen LogP contribution in [0.2, 0.25) is 0 Å². The van der Waals surface area contributed by atoms with Gasteiger partial charge in [-0.3, -0.25) is 0 Å². The van der Waals surface area contributed by atoms with Gasteiger partial charge in [0.1, 0.15) is 5.82 Å². The van der Waals surface area contributed by atoms with Gasteiger partial charge in [0.25, 0.3) is 0 Å². The molecule has 1 aromatic heterocycles. The Balaban J connectivity index is 1.66. The van der Waals surface area contributed by atoms with E-state index in [0.717, 1.165) is 37.1 Å². The van der Waals surface area contributed by atoms with Crippen LogP contribution in [0.25, 0.3) is 0 Å². The molecule has 20 heavy (non-hydrogen) atoms. The summed E-state index contributed by atoms with van der Waals surface area (Å²) < 4.78 is 5.61. The zero-order valence-corrected chi connectivity index (χ0v) is 12.9. The predicted octanol–water partition coefficient (Wildman–Crippen LogP) is 2.55. The van der Waals surface area contributed by atoms with Crippen molar-refractivity contribution in [3.8, 4) is 0 Å². The summed E-state index contributed by atoms with van der Waals surface area (Å²) in [6.45, 7) is 11.5. The lowest BCUT2D eigenvalue weighted by Crippen LogP contribution is -2.27. The maximum Gasteiger partial charge on any atom is 0.126 e. The smallest absolute Gasteiger partial charge is 0.126 e. The van der Waals surface area contributed by atoms with Gasteiger partial charge in [-0.1, -0.05) is 6.07 Å². The second-order valence-corrected chi connectivity index (χ2v) is 5.92. The van der Waals surface area contributed by atoms with Gasteiger partial charge < -0.3 is 15.0 Å². The first-order chi connectivity index (χ1) is 9.63. The summed E-state index contributed by atoms with van der Waals surface area (Å²) in [6.07, 6.45) is 1.60. The molecule has 1 aliphatic rings. The van der Waals surface area contributed by atoms with E-state index in [0.29, 0.717) is 6.10 Å². The molecule has 0 radical (unpaired) electrons. The van der Waals surface area contributed by atoms with Crippen LogP contribution in [0.1, 0.15) is 26.0 Å². The fourth-order valence-corrected chi connectivity index (χ4v) is 2.59. The minimum atomic E-state index is 0.336. The Labute approximate surface area is 122 Å². The second-order valence-electron chi connectivity index (χ2n) is 5.92. The number of ether oxygens (including phenoxy) is 1. The molecule has 0 spiro atoms. The number of nitrogens with zero attached hydrogens (tertiary/aromatic N) is 2. The van der Waals surface area contributed by atoms with Gasteiger partial charge >= 0.3 is 0 Å². The van der Waals surface area contributed by atoms with E-state index in [2.05, 4.69) is 35.1 Å². The quantitative estimate of drug-likeness (QED) is 0.831. The maximum absolute atomic E-state index is 5.61. The number of aryl methyl sites for hydroxylation is 1. The number of pyridine rings is 1. The fraction of sp³-hybridized carbons (Fsp3) is 0.688. The van der Waals surface area contributed by atoms with Crippen LogP contribution in [0.15, 0.2) is 18.2 Å². The Hall–Kier alpha value is -1.13. The molecule has 1 aromatic rings. The van der Waals surface area contributed by atoms with Crippen LogP contribution in [0.5, 0.6) is 0 Å². The van der Waals surface area contributed by atoms with Crippen molar-refractivity contribution in [2.24, 2.45) is 5.92 Å². The Morgan fingerprint density at radius 1 is 1.45 bits per heavy atom. The molecule has 4 heteroatoms. The summed E-state index contributed by atoms with van der Waals surface area (Å²) in [5.41, 5.74) is 1.06. The van der Waals surface area contributed by atoms with Crippen LogP contribution in [0.3, 0.4) is 0 Å². The molecule has 112 valence electrons. The van der Waals surface area contributed by atoms with E-state index < -0.39 is 0 Å². The van der Waals surface area contributed by atoms with Crippen LogP contribution in [0, 0.1) is 12.8 Å². The van der Waals surface area contributed by atoms with Crippen molar-refractivity contribution in [2.45, 2.75) is 33.3 Å². The molecule has 1 unspecified atom stereocenters. The third-order valence-corrected chi connectivity index (χ3v) is 3.69. The van der Waals surface area contributed by atoms with Crippen molar-refractivity contribution >= 4 is 5.82 Å². The molecule has 4 nitrogen and oxygen atoms in total. The standard InChI is InChI=1S/C16H27N3O/c1-13(2)20-10-9-19-8-7-15(12-19)11-17-16-6-4-5-14(3)18-16/h4-6,13,15H,7-12H2,1-3H3,(H,17,18). The van der Waals surface area contributed by atoms with Gasteiger partial charge in [-0.25, -0.2) is 4.98 Å². The molecule has 0 aliphatic carbocycles. The summed E-state index contributed by atoms with van der Waals surface area (Å²) in [7, 11) is 0. The van der Waals surface area contributed by atoms with Crippen LogP contribution < -0.4 is 5.32 Å². The number of likely N-dealkylation sites (tertiary alicyclic amines) is 1. The van der Waals surface area contributed by atoms with Crippen LogP contribution in [-0.2, 0) is 4.74 Å². The van der Waals surface area contributed by atoms with Gasteiger partial charge in [0, 0.05) is 25.3 Å². The van der Waals surface area contributed by atoms with E-state index in [1.807, 2.05) is 19.1 Å². The molecule has 1 atom stereocenters. The zero-order valence-electron chi connectivity index (χ0n) is 12.9. The largest absolute Gasteiger partial charge is 0.377 e. The molecule has 1 N–H and O–H groups in total. The molecule has 0 bridgehead atoms. The third-order valence-electron chi connectivity index (χ3n) is 3.69. The Morgan fingerprint density at radius 2 is 2.30 bits per heavy atom. The number of hydrogen-bond acceptors (Lipinski definition) is 4. The van der Waals surface area contributed by atoms with E-state index in [4.69, 9.17) is 4.74 Å². The van der Waals surface area contributed by atoms with Crippen LogP contribution >= 0.6 is 0 Å². The number of nitrogens with one attached hydrogen (secondary N) is 1. The topological polar surface area (TPSA) is 37.4 Å². The van der Waals surface area contributed by atoms with Gasteiger partial charge in [-0.15, -0.1) is 0 Å². The minimum Gasteiger partial charge on any atom is -0.377 e. The van der Waals surface area contributed by atoms with Gasteiger partial charge in [0.2, 0.25) is 0 Å². The van der Waals surface area contributed by atoms with E-state index >= 15 is 0 Å². The van der Waals surface area contributed by atoms with Gasteiger partial charge in [-0.05, 0) is 51.8 Å². The highest BCUT2D eigenvalue weighted by atomic mass is 16.5. The second kappa shape index (κ2) is 7.60. The Bertz CT molecular complexity index is 408. The van der Waals surface area contributed by atoms with Gasteiger partial charge in [-0.2, -0.15) is 0 Å². The van der Waals surface area contributed by atoms with Crippen LogP contribution in [0.4, 0.5) is 5.82 Å². The summed E-state index contributed by atoms with van der Waals surface area (Å²) in [5, 5.41) is 3.45. The van der Waals surface area contributed by atoms with E-state index in [9.17, 15) is 0 Å². The van der Waals surface area contributed by atoms with Crippen molar-refractivity contribution in [3.05, 3.63) is 23.9 Å². The average Bonchev–Trinajstić information content (AvgIpc) is 2.84. The molecule has 0 saturated carbocycles. The van der Waals surface area contributed by atoms with E-state index in [1.54, 1.807) is 0 Å². The summed E-state index contributed by atoms with van der Waals surface area (Å²) in [4.78, 5) is 6.98. The summed E-state index contributed by atoms with van der Waals surface area (Å²) in [5.74, 6) is 1.71. The maximum atomic E-state index is 5.61. The fourth-order valence-electron chi connectivity index (χ4n) is 2.59. The third kappa shape index (κ3) is 5.10. The minimum absolute atomic E-state index is 0.336. The molecule has 0 aromatic carbocycles. The molecule has 1 saturated heterocycles. The number of rotatable bonds is 7. The highest BCUT2D eigenvalue weighted by molar-refractivity contribution is 5.35. The van der Waals surface area contributed by atoms with Crippen molar-refractivity contribution in [1.29, 1.82) is 0 Å². The first-order valence-electron chi connectivity index (χ1n) is 7.65. The number of aromatic nitrogens is 1. The van der Waals surface area contributed by atoms with Gasteiger partial charge in [0.05, 0.1) is 12.7 Å². The summed E-state index contributed by atoms with van der Waals surface area (Å²) in [6, 6.07) is 6.11. The lowest BCUT2D eigenvalue weighted by molar-refractivity contribution is 0.0630. The lowest BCUT2D eigenvalue weighted by Gasteiger charge is -2.17. The highest BCUT2D eigenvalue weighted by Crippen LogP contribution is 2.16. The molecule has 2 heterocycles. The molecular formula is C16H27N3O. The van der Waals surface area contributed by atoms with Crippen molar-refractivity contribution in [1.82, 2.24) is 9.88 Å². The Kier molecular flexibility index (Phi) is 5.80. The molecule has 1 fully saturated rings. The number of anilines is 1. The zero-order chi connectivity index (χ0) is 14.4. The predicted molar refractivity (Wildman–Crippen MR) is 83.1 cm³/mol. The molecule has 0 amide bonds. The first-order valence-corrected chi connectivity index (χ1v) is 7.65. The SMILES string of the molecule is Cc1cccc(NCC2CCN(CCOC(C)C)C2)n1. The van der Waals surface area contributed by atoms with Gasteiger partial charge in [0.15, 0.2) is 0 Å². The monoisotopic (exact) mass is 277 g/mol. The normalized spacial score (nSPS) is 19.7. The van der Waals surface area contributed by atoms with Crippen molar-refractivity contribution < 1.29 is 4.74 Å². The van der Waals surface area contributed by atoms with Crippen molar-refractivity contribution in [2.75, 3.05) is 38.1 Å². The van der Waals surface area contributed by atoms with E-state index in [1.165, 1.54) is 19.5 Å². The van der Waals surface area contributed by atoms with Crippen LogP contribution in [-0.4, -0.2) is 48.8 Å². The molecule has 1 aliphatic heterocycles. The highest BCUT2D eigenvalue weighted by Gasteiger charge is 2.21. The summed E-state index contributed by atoms with van der Waals surface area (Å²) >= 11 is 0. The van der Waals surface area contributed by atoms with Crippen molar-refractivity contribution in [3.63, 3.8) is 0 Å². The first kappa shape index (κ1) is 15.3. The average molecular weight is 277 g/mol. The lowest BCUT2D eigenvalue weighted by atomic mass is 10.1. The molecule has 2 rings (SSSR count). The van der Waals surface area contributed by atoms with E-state index in [-0.39, 0.29) is 0 Å². The molecular weight excluding hydrogens is 250 g/mol. The Morgan fingerprint density at radius 3 is 3.05 bits per heavy atom.